The molecule has 0 spiro atoms. The number of sulfonamides is 1. The lowest BCUT2D eigenvalue weighted by atomic mass is 10.1. The molecule has 10 heteroatoms. The van der Waals surface area contributed by atoms with E-state index in [4.69, 9.17) is 23.2 Å². The van der Waals surface area contributed by atoms with Crippen molar-refractivity contribution in [1.29, 1.82) is 0 Å². The molecular formula is C30H30Cl2N4O3S. The molecule has 0 radical (unpaired) electrons. The number of benzene rings is 3. The molecule has 0 fully saturated rings. The first kappa shape index (κ1) is 29.4. The number of aryl methyl sites for hydroxylation is 4. The zero-order chi connectivity index (χ0) is 29.2. The first-order valence-corrected chi connectivity index (χ1v) is 14.7. The van der Waals surface area contributed by atoms with Crippen LogP contribution in [0.3, 0.4) is 0 Å². The summed E-state index contributed by atoms with van der Waals surface area (Å²) in [6.07, 6.45) is 1.52. The minimum atomic E-state index is -4.03. The largest absolute Gasteiger partial charge is 0.316 e. The van der Waals surface area contributed by atoms with Gasteiger partial charge in [-0.1, -0.05) is 53.0 Å². The Morgan fingerprint density at radius 3 is 2.23 bits per heavy atom. The molecule has 0 aliphatic rings. The highest BCUT2D eigenvalue weighted by molar-refractivity contribution is 7.92. The second-order valence-electron chi connectivity index (χ2n) is 9.70. The van der Waals surface area contributed by atoms with Crippen molar-refractivity contribution in [3.63, 3.8) is 0 Å². The molecule has 0 saturated heterocycles. The van der Waals surface area contributed by atoms with Crippen LogP contribution in [0, 0.1) is 34.6 Å². The molecule has 3 aromatic carbocycles. The molecule has 0 aliphatic heterocycles. The van der Waals surface area contributed by atoms with E-state index in [1.807, 2.05) is 63.5 Å². The lowest BCUT2D eigenvalue weighted by Crippen LogP contribution is -2.39. The van der Waals surface area contributed by atoms with Crippen LogP contribution in [-0.2, 0) is 14.8 Å². The number of hydrazone groups is 1. The van der Waals surface area contributed by atoms with Gasteiger partial charge in [0.05, 0.1) is 32.5 Å². The van der Waals surface area contributed by atoms with E-state index in [-0.39, 0.29) is 4.90 Å². The van der Waals surface area contributed by atoms with Gasteiger partial charge in [0, 0.05) is 17.0 Å². The molecule has 0 bridgehead atoms. The van der Waals surface area contributed by atoms with Crippen molar-refractivity contribution in [2.75, 3.05) is 10.8 Å². The summed E-state index contributed by atoms with van der Waals surface area (Å²) in [5, 5.41) is 5.00. The summed E-state index contributed by atoms with van der Waals surface area (Å²) in [5.41, 5.74) is 8.81. The third kappa shape index (κ3) is 6.25. The van der Waals surface area contributed by atoms with Gasteiger partial charge in [0.2, 0.25) is 0 Å². The van der Waals surface area contributed by atoms with E-state index in [9.17, 15) is 13.2 Å². The molecule has 1 N–H and O–H groups in total. The first-order chi connectivity index (χ1) is 18.9. The van der Waals surface area contributed by atoms with Crippen LogP contribution in [-0.4, -0.2) is 31.7 Å². The second kappa shape index (κ2) is 11.9. The number of hydrogen-bond donors (Lipinski definition) is 1. The Bertz CT molecular complexity index is 1690. The fourth-order valence-corrected chi connectivity index (χ4v) is 6.33. The normalized spacial score (nSPS) is 11.7. The average Bonchev–Trinajstić information content (AvgIpc) is 3.16. The van der Waals surface area contributed by atoms with Gasteiger partial charge in [0.15, 0.2) is 0 Å². The highest BCUT2D eigenvalue weighted by Gasteiger charge is 2.27. The van der Waals surface area contributed by atoms with E-state index in [1.165, 1.54) is 18.3 Å². The fraction of sp³-hybridized carbons (Fsp3) is 0.200. The highest BCUT2D eigenvalue weighted by atomic mass is 35.5. The molecule has 0 saturated carbocycles. The van der Waals surface area contributed by atoms with Gasteiger partial charge in [-0.15, -0.1) is 0 Å². The standard InChI is InChI=1S/C30H30Cl2N4O3S/c1-19-9-11-26(12-10-19)40(38,39)35(25-14-20(2)13-21(3)15-25)18-29(37)34-33-17-24-16-22(4)36(23(24)5)28-8-6-7-27(31)30(28)32/h6-17H,18H2,1-5H3,(H,34,37)/b33-17-. The second-order valence-corrected chi connectivity index (χ2v) is 12.3. The predicted molar refractivity (Wildman–Crippen MR) is 163 cm³/mol. The monoisotopic (exact) mass is 596 g/mol. The van der Waals surface area contributed by atoms with Crippen molar-refractivity contribution in [3.05, 3.63) is 110 Å². The maximum Gasteiger partial charge on any atom is 0.264 e. The van der Waals surface area contributed by atoms with Crippen molar-refractivity contribution in [1.82, 2.24) is 9.99 Å². The summed E-state index contributed by atoms with van der Waals surface area (Å²) in [4.78, 5) is 13.1. The van der Waals surface area contributed by atoms with Crippen LogP contribution in [0.15, 0.2) is 76.7 Å². The van der Waals surface area contributed by atoms with Crippen LogP contribution in [0.5, 0.6) is 0 Å². The molecule has 40 heavy (non-hydrogen) atoms. The molecule has 7 nitrogen and oxygen atoms in total. The Hall–Kier alpha value is -3.59. The Morgan fingerprint density at radius 2 is 1.57 bits per heavy atom. The molecular weight excluding hydrogens is 567 g/mol. The molecule has 4 aromatic rings. The molecule has 0 atom stereocenters. The van der Waals surface area contributed by atoms with Gasteiger partial charge in [-0.2, -0.15) is 5.10 Å². The van der Waals surface area contributed by atoms with Crippen LogP contribution >= 0.6 is 23.2 Å². The van der Waals surface area contributed by atoms with E-state index in [0.717, 1.165) is 43.6 Å². The minimum absolute atomic E-state index is 0.0978. The number of aromatic nitrogens is 1. The first-order valence-electron chi connectivity index (χ1n) is 12.5. The number of rotatable bonds is 8. The zero-order valence-corrected chi connectivity index (χ0v) is 25.2. The topological polar surface area (TPSA) is 83.8 Å². The van der Waals surface area contributed by atoms with Crippen LogP contribution in [0.1, 0.15) is 33.6 Å². The summed E-state index contributed by atoms with van der Waals surface area (Å²) in [6, 6.07) is 19.3. The fourth-order valence-electron chi connectivity index (χ4n) is 4.54. The van der Waals surface area contributed by atoms with Crippen molar-refractivity contribution >= 4 is 51.0 Å². The number of carbonyl (C=O) groups excluding carboxylic acids is 1. The van der Waals surface area contributed by atoms with Gasteiger partial charge in [0.25, 0.3) is 15.9 Å². The van der Waals surface area contributed by atoms with Crippen LogP contribution in [0.2, 0.25) is 10.0 Å². The number of halogens is 2. The Morgan fingerprint density at radius 1 is 0.925 bits per heavy atom. The number of nitrogens with zero attached hydrogens (tertiary/aromatic N) is 3. The SMILES string of the molecule is Cc1ccc(S(=O)(=O)N(CC(=O)N/N=C\c2cc(C)n(-c3cccc(Cl)c3Cl)c2C)c2cc(C)cc(C)c2)cc1. The minimum Gasteiger partial charge on any atom is -0.316 e. The maximum absolute atomic E-state index is 13.7. The maximum atomic E-state index is 13.7. The average molecular weight is 598 g/mol. The van der Waals surface area contributed by atoms with Crippen LogP contribution < -0.4 is 9.73 Å². The third-order valence-electron chi connectivity index (χ3n) is 6.43. The Balaban J connectivity index is 1.59. The molecule has 0 unspecified atom stereocenters. The van der Waals surface area contributed by atoms with E-state index >= 15 is 0 Å². The molecule has 208 valence electrons. The number of nitrogens with one attached hydrogen (secondary N) is 1. The number of amides is 1. The van der Waals surface area contributed by atoms with Crippen molar-refractivity contribution < 1.29 is 13.2 Å². The number of anilines is 1. The highest BCUT2D eigenvalue weighted by Crippen LogP contribution is 2.31. The van der Waals surface area contributed by atoms with Gasteiger partial charge in [-0.3, -0.25) is 9.10 Å². The summed E-state index contributed by atoms with van der Waals surface area (Å²) in [5.74, 6) is -0.585. The summed E-state index contributed by atoms with van der Waals surface area (Å²) >= 11 is 12.6. The number of hydrogen-bond acceptors (Lipinski definition) is 4. The predicted octanol–water partition coefficient (Wildman–Crippen LogP) is 6.67. The van der Waals surface area contributed by atoms with Crippen molar-refractivity contribution in [2.24, 2.45) is 5.10 Å². The van der Waals surface area contributed by atoms with Gasteiger partial charge in [-0.25, -0.2) is 13.8 Å². The molecule has 0 aliphatic carbocycles. The van der Waals surface area contributed by atoms with E-state index in [0.29, 0.717) is 15.7 Å². The zero-order valence-electron chi connectivity index (χ0n) is 22.9. The van der Waals surface area contributed by atoms with Crippen molar-refractivity contribution in [2.45, 2.75) is 39.5 Å². The molecule has 4 rings (SSSR count). The smallest absolute Gasteiger partial charge is 0.264 e. The van der Waals surface area contributed by atoms with Gasteiger partial charge >= 0.3 is 0 Å². The van der Waals surface area contributed by atoms with E-state index in [1.54, 1.807) is 30.3 Å². The summed E-state index contributed by atoms with van der Waals surface area (Å²) in [7, 11) is -4.03. The quantitative estimate of drug-likeness (QED) is 0.182. The van der Waals surface area contributed by atoms with Crippen molar-refractivity contribution in [3.8, 4) is 5.69 Å². The summed E-state index contributed by atoms with van der Waals surface area (Å²) < 4.78 is 30.4. The Labute approximate surface area is 245 Å². The Kier molecular flexibility index (Phi) is 8.73. The van der Waals surface area contributed by atoms with Crippen LogP contribution in [0.25, 0.3) is 5.69 Å². The molecule has 1 heterocycles. The lowest BCUT2D eigenvalue weighted by Gasteiger charge is -2.24. The van der Waals surface area contributed by atoms with Gasteiger partial charge < -0.3 is 4.57 Å². The van der Waals surface area contributed by atoms with E-state index in [2.05, 4.69) is 10.5 Å². The van der Waals surface area contributed by atoms with Crippen LogP contribution in [0.4, 0.5) is 5.69 Å². The number of carbonyl (C=O) groups is 1. The van der Waals surface area contributed by atoms with Gasteiger partial charge in [-0.05, 0) is 88.2 Å². The lowest BCUT2D eigenvalue weighted by molar-refractivity contribution is -0.119. The third-order valence-corrected chi connectivity index (χ3v) is 9.02. The summed E-state index contributed by atoms with van der Waals surface area (Å²) in [6.45, 7) is 9.02. The molecule has 1 aromatic heterocycles. The van der Waals surface area contributed by atoms with E-state index < -0.39 is 22.5 Å². The van der Waals surface area contributed by atoms with Gasteiger partial charge in [0.1, 0.15) is 6.54 Å². The molecule has 1 amide bonds.